The van der Waals surface area contributed by atoms with Crippen LogP contribution in [0.15, 0.2) is 60.7 Å². The Balaban J connectivity index is 1.58. The van der Waals surface area contributed by atoms with E-state index in [9.17, 15) is 4.79 Å². The second-order valence-electron chi connectivity index (χ2n) is 7.04. The summed E-state index contributed by atoms with van der Waals surface area (Å²) in [5.74, 6) is 0.490. The van der Waals surface area contributed by atoms with Gasteiger partial charge in [-0.25, -0.2) is 9.97 Å². The van der Waals surface area contributed by atoms with Gasteiger partial charge in [-0.05, 0) is 36.8 Å². The third-order valence-corrected chi connectivity index (χ3v) is 5.74. The Kier molecular flexibility index (Phi) is 5.27. The average molecular weight is 403 g/mol. The van der Waals surface area contributed by atoms with Crippen molar-refractivity contribution < 1.29 is 4.79 Å². The maximum Gasteiger partial charge on any atom is 0.255 e. The number of nitrogens with zero attached hydrogens (tertiary/aromatic N) is 3. The fourth-order valence-electron chi connectivity index (χ4n) is 3.22. The summed E-state index contributed by atoms with van der Waals surface area (Å²) in [4.78, 5) is 24.1. The molecule has 0 aliphatic carbocycles. The maximum atomic E-state index is 12.9. The van der Waals surface area contributed by atoms with Gasteiger partial charge < -0.3 is 10.2 Å². The molecule has 2 aromatic carbocycles. The number of nitrogens with one attached hydrogen (secondary N) is 1. The number of para-hydroxylation sites is 1. The minimum atomic E-state index is -0.156. The standard InChI is InChI=1S/C23H22N4OS/c1-15-8-4-5-9-16(15)18-13-12-17(22(26-18)27(2)3)23(28)24-14-21-25-19-10-6-7-11-20(19)29-21/h4-13H,14H2,1-3H3,(H,24,28). The van der Waals surface area contributed by atoms with E-state index in [1.807, 2.05) is 73.6 Å². The van der Waals surface area contributed by atoms with Gasteiger partial charge in [0.1, 0.15) is 10.8 Å². The lowest BCUT2D eigenvalue weighted by Crippen LogP contribution is -2.26. The summed E-state index contributed by atoms with van der Waals surface area (Å²) >= 11 is 1.59. The van der Waals surface area contributed by atoms with Crippen molar-refractivity contribution in [3.63, 3.8) is 0 Å². The lowest BCUT2D eigenvalue weighted by atomic mass is 10.0. The molecule has 0 saturated heterocycles. The third-order valence-electron chi connectivity index (χ3n) is 4.70. The Labute approximate surface area is 174 Å². The third kappa shape index (κ3) is 3.98. The number of aryl methyl sites for hydroxylation is 1. The van der Waals surface area contributed by atoms with Gasteiger partial charge in [0.25, 0.3) is 5.91 Å². The maximum absolute atomic E-state index is 12.9. The van der Waals surface area contributed by atoms with Crippen LogP contribution in [0.2, 0.25) is 0 Å². The highest BCUT2D eigenvalue weighted by molar-refractivity contribution is 7.18. The van der Waals surface area contributed by atoms with Crippen LogP contribution in [0.5, 0.6) is 0 Å². The zero-order valence-electron chi connectivity index (χ0n) is 16.6. The van der Waals surface area contributed by atoms with Crippen LogP contribution in [-0.4, -0.2) is 30.0 Å². The molecule has 5 nitrogen and oxygen atoms in total. The number of pyridine rings is 1. The number of hydrogen-bond donors (Lipinski definition) is 1. The molecule has 0 fully saturated rings. The van der Waals surface area contributed by atoms with Crippen molar-refractivity contribution in [3.05, 3.63) is 76.8 Å². The van der Waals surface area contributed by atoms with Crippen LogP contribution in [0, 0.1) is 6.92 Å². The minimum Gasteiger partial charge on any atom is -0.362 e. The minimum absolute atomic E-state index is 0.156. The van der Waals surface area contributed by atoms with Crippen LogP contribution >= 0.6 is 11.3 Å². The summed E-state index contributed by atoms with van der Waals surface area (Å²) in [7, 11) is 3.79. The predicted molar refractivity (Wildman–Crippen MR) is 120 cm³/mol. The van der Waals surface area contributed by atoms with Crippen LogP contribution in [0.4, 0.5) is 5.82 Å². The zero-order valence-corrected chi connectivity index (χ0v) is 17.5. The molecule has 0 bridgehead atoms. The molecule has 0 aliphatic heterocycles. The molecule has 4 rings (SSSR count). The number of aromatic nitrogens is 2. The van der Waals surface area contributed by atoms with Crippen molar-refractivity contribution in [1.82, 2.24) is 15.3 Å². The molecule has 29 heavy (non-hydrogen) atoms. The molecular weight excluding hydrogens is 380 g/mol. The quantitative estimate of drug-likeness (QED) is 0.527. The van der Waals surface area contributed by atoms with Crippen LogP contribution in [0.25, 0.3) is 21.5 Å². The summed E-state index contributed by atoms with van der Waals surface area (Å²) in [5.41, 5.74) is 4.58. The van der Waals surface area contributed by atoms with Gasteiger partial charge in [-0.15, -0.1) is 11.3 Å². The van der Waals surface area contributed by atoms with Gasteiger partial charge in [0, 0.05) is 19.7 Å². The van der Waals surface area contributed by atoms with Gasteiger partial charge in [-0.2, -0.15) is 0 Å². The normalized spacial score (nSPS) is 10.9. The lowest BCUT2D eigenvalue weighted by Gasteiger charge is -2.17. The van der Waals surface area contributed by atoms with Crippen molar-refractivity contribution in [1.29, 1.82) is 0 Å². The van der Waals surface area contributed by atoms with E-state index >= 15 is 0 Å². The first-order chi connectivity index (χ1) is 14.0. The number of hydrogen-bond acceptors (Lipinski definition) is 5. The average Bonchev–Trinajstić information content (AvgIpc) is 3.15. The smallest absolute Gasteiger partial charge is 0.255 e. The Morgan fingerprint density at radius 1 is 1.00 bits per heavy atom. The van der Waals surface area contributed by atoms with Crippen LogP contribution in [-0.2, 0) is 6.54 Å². The molecule has 0 atom stereocenters. The van der Waals surface area contributed by atoms with Gasteiger partial charge in [-0.1, -0.05) is 36.4 Å². The molecule has 4 aromatic rings. The van der Waals surface area contributed by atoms with E-state index in [-0.39, 0.29) is 5.91 Å². The Morgan fingerprint density at radius 3 is 2.52 bits per heavy atom. The molecule has 146 valence electrons. The van der Waals surface area contributed by atoms with Gasteiger partial charge in [0.2, 0.25) is 0 Å². The zero-order chi connectivity index (χ0) is 20.4. The summed E-state index contributed by atoms with van der Waals surface area (Å²) in [6, 6.07) is 19.8. The predicted octanol–water partition coefficient (Wildman–Crippen LogP) is 4.66. The first-order valence-corrected chi connectivity index (χ1v) is 10.2. The number of anilines is 1. The fraction of sp³-hybridized carbons (Fsp3) is 0.174. The van der Waals surface area contributed by atoms with E-state index in [2.05, 4.69) is 23.3 Å². The number of rotatable bonds is 5. The van der Waals surface area contributed by atoms with E-state index in [0.717, 1.165) is 32.0 Å². The second kappa shape index (κ2) is 8.01. The largest absolute Gasteiger partial charge is 0.362 e. The molecule has 2 aromatic heterocycles. The monoisotopic (exact) mass is 402 g/mol. The summed E-state index contributed by atoms with van der Waals surface area (Å²) in [6.45, 7) is 2.45. The summed E-state index contributed by atoms with van der Waals surface area (Å²) < 4.78 is 1.12. The van der Waals surface area contributed by atoms with E-state index < -0.39 is 0 Å². The van der Waals surface area contributed by atoms with Gasteiger partial charge in [-0.3, -0.25) is 4.79 Å². The first-order valence-electron chi connectivity index (χ1n) is 9.40. The van der Waals surface area contributed by atoms with E-state index in [1.165, 1.54) is 0 Å². The number of fused-ring (bicyclic) bond motifs is 1. The van der Waals surface area contributed by atoms with Crippen LogP contribution < -0.4 is 10.2 Å². The van der Waals surface area contributed by atoms with Crippen molar-refractivity contribution in [2.45, 2.75) is 13.5 Å². The lowest BCUT2D eigenvalue weighted by molar-refractivity contribution is 0.0951. The second-order valence-corrected chi connectivity index (χ2v) is 8.15. The summed E-state index contributed by atoms with van der Waals surface area (Å²) in [5, 5.41) is 3.87. The van der Waals surface area contributed by atoms with Gasteiger partial charge in [0.15, 0.2) is 0 Å². The fourth-order valence-corrected chi connectivity index (χ4v) is 4.13. The van der Waals surface area contributed by atoms with E-state index in [1.54, 1.807) is 11.3 Å². The number of carbonyl (C=O) groups is 1. The highest BCUT2D eigenvalue weighted by Gasteiger charge is 2.17. The highest BCUT2D eigenvalue weighted by atomic mass is 32.1. The highest BCUT2D eigenvalue weighted by Crippen LogP contribution is 2.26. The Hall–Kier alpha value is -3.25. The molecule has 0 unspecified atom stereocenters. The number of thiazole rings is 1. The van der Waals surface area contributed by atoms with Crippen LogP contribution in [0.3, 0.4) is 0 Å². The molecule has 0 aliphatic rings. The van der Waals surface area contributed by atoms with Crippen molar-refractivity contribution in [2.75, 3.05) is 19.0 Å². The molecule has 0 spiro atoms. The topological polar surface area (TPSA) is 58.1 Å². The Bertz CT molecular complexity index is 1150. The van der Waals surface area contributed by atoms with Gasteiger partial charge >= 0.3 is 0 Å². The van der Waals surface area contributed by atoms with Crippen molar-refractivity contribution in [3.8, 4) is 11.3 Å². The number of carbonyl (C=O) groups excluding carboxylic acids is 1. The molecule has 0 radical (unpaired) electrons. The molecular formula is C23H22N4OS. The number of benzene rings is 2. The van der Waals surface area contributed by atoms with E-state index in [4.69, 9.17) is 4.98 Å². The molecule has 1 N–H and O–H groups in total. The molecule has 6 heteroatoms. The first kappa shape index (κ1) is 19.1. The van der Waals surface area contributed by atoms with Crippen molar-refractivity contribution >= 4 is 33.3 Å². The molecule has 1 amide bonds. The van der Waals surface area contributed by atoms with Crippen LogP contribution in [0.1, 0.15) is 20.9 Å². The SMILES string of the molecule is Cc1ccccc1-c1ccc(C(=O)NCc2nc3ccccc3s2)c(N(C)C)n1. The summed E-state index contributed by atoms with van der Waals surface area (Å²) in [6.07, 6.45) is 0. The van der Waals surface area contributed by atoms with Gasteiger partial charge in [0.05, 0.1) is 28.0 Å². The van der Waals surface area contributed by atoms with E-state index in [0.29, 0.717) is 17.9 Å². The van der Waals surface area contributed by atoms with Crippen molar-refractivity contribution in [2.24, 2.45) is 0 Å². The molecule has 0 saturated carbocycles. The number of amides is 1. The Morgan fingerprint density at radius 2 is 1.76 bits per heavy atom. The molecule has 2 heterocycles.